The molecular weight excluding hydrogens is 304 g/mol. The first-order valence-corrected chi connectivity index (χ1v) is 8.31. The molecular formula is C19H24N2OS. The van der Waals surface area contributed by atoms with Crippen molar-refractivity contribution in [1.29, 1.82) is 0 Å². The summed E-state index contributed by atoms with van der Waals surface area (Å²) in [6, 6.07) is 18.3. The minimum atomic E-state index is 0.532. The van der Waals surface area contributed by atoms with Gasteiger partial charge in [-0.1, -0.05) is 56.3 Å². The van der Waals surface area contributed by atoms with Crippen molar-refractivity contribution < 1.29 is 4.74 Å². The highest BCUT2D eigenvalue weighted by Crippen LogP contribution is 2.13. The summed E-state index contributed by atoms with van der Waals surface area (Å²) in [7, 11) is 0. The van der Waals surface area contributed by atoms with Crippen molar-refractivity contribution in [2.24, 2.45) is 5.92 Å². The van der Waals surface area contributed by atoms with Crippen LogP contribution in [0.3, 0.4) is 0 Å². The summed E-state index contributed by atoms with van der Waals surface area (Å²) in [6.07, 6.45) is 0. The summed E-state index contributed by atoms with van der Waals surface area (Å²) in [5.74, 6) is 1.44. The fourth-order valence-electron chi connectivity index (χ4n) is 1.99. The van der Waals surface area contributed by atoms with Crippen molar-refractivity contribution in [2.75, 3.05) is 6.61 Å². The second-order valence-electron chi connectivity index (χ2n) is 5.87. The predicted octanol–water partition coefficient (Wildman–Crippen LogP) is 3.89. The Balaban J connectivity index is 1.71. The van der Waals surface area contributed by atoms with Gasteiger partial charge in [-0.25, -0.2) is 0 Å². The van der Waals surface area contributed by atoms with Gasteiger partial charge in [-0.2, -0.15) is 0 Å². The normalized spacial score (nSPS) is 10.4. The molecule has 0 aliphatic carbocycles. The molecule has 0 saturated carbocycles. The van der Waals surface area contributed by atoms with Crippen LogP contribution in [0, 0.1) is 5.92 Å². The minimum absolute atomic E-state index is 0.532. The first-order chi connectivity index (χ1) is 11.1. The summed E-state index contributed by atoms with van der Waals surface area (Å²) in [4.78, 5) is 0. The third-order valence-corrected chi connectivity index (χ3v) is 3.54. The number of benzene rings is 2. The van der Waals surface area contributed by atoms with Gasteiger partial charge in [0.2, 0.25) is 0 Å². The lowest BCUT2D eigenvalue weighted by Crippen LogP contribution is -2.34. The molecule has 4 heteroatoms. The van der Waals surface area contributed by atoms with Crippen LogP contribution in [0.25, 0.3) is 0 Å². The highest BCUT2D eigenvalue weighted by Gasteiger charge is 2.00. The van der Waals surface area contributed by atoms with E-state index in [9.17, 15) is 0 Å². The van der Waals surface area contributed by atoms with Crippen molar-refractivity contribution in [3.8, 4) is 5.75 Å². The molecule has 0 amide bonds. The van der Waals surface area contributed by atoms with Crippen molar-refractivity contribution in [3.05, 3.63) is 65.7 Å². The topological polar surface area (TPSA) is 33.3 Å². The Bertz CT molecular complexity index is 597. The summed E-state index contributed by atoms with van der Waals surface area (Å²) < 4.78 is 5.68. The fourth-order valence-corrected chi connectivity index (χ4v) is 2.13. The molecule has 0 aliphatic heterocycles. The Kier molecular flexibility index (Phi) is 6.88. The molecule has 122 valence electrons. The molecule has 2 aromatic rings. The Morgan fingerprint density at radius 3 is 2.04 bits per heavy atom. The number of rotatable bonds is 7. The van der Waals surface area contributed by atoms with Gasteiger partial charge in [0.1, 0.15) is 5.75 Å². The van der Waals surface area contributed by atoms with E-state index in [0.717, 1.165) is 18.9 Å². The van der Waals surface area contributed by atoms with Gasteiger partial charge in [0.25, 0.3) is 0 Å². The van der Waals surface area contributed by atoms with Crippen LogP contribution in [0.5, 0.6) is 5.75 Å². The number of ether oxygens (including phenoxy) is 1. The number of hydrogen-bond acceptors (Lipinski definition) is 2. The molecule has 0 heterocycles. The zero-order chi connectivity index (χ0) is 16.5. The van der Waals surface area contributed by atoms with Gasteiger partial charge in [0, 0.05) is 13.1 Å². The van der Waals surface area contributed by atoms with E-state index in [1.54, 1.807) is 0 Å². The number of thiocarbonyl (C=S) groups is 1. The van der Waals surface area contributed by atoms with Gasteiger partial charge in [0.15, 0.2) is 5.11 Å². The van der Waals surface area contributed by atoms with Crippen LogP contribution in [0.4, 0.5) is 0 Å². The van der Waals surface area contributed by atoms with Gasteiger partial charge in [-0.15, -0.1) is 0 Å². The molecule has 23 heavy (non-hydrogen) atoms. The molecule has 0 aliphatic rings. The van der Waals surface area contributed by atoms with Crippen molar-refractivity contribution in [3.63, 3.8) is 0 Å². The lowest BCUT2D eigenvalue weighted by atomic mass is 10.2. The smallest absolute Gasteiger partial charge is 0.166 e. The van der Waals surface area contributed by atoms with Crippen LogP contribution >= 0.6 is 12.2 Å². The molecule has 0 radical (unpaired) electrons. The van der Waals surface area contributed by atoms with Crippen LogP contribution in [0.2, 0.25) is 0 Å². The van der Waals surface area contributed by atoms with Crippen LogP contribution < -0.4 is 15.4 Å². The zero-order valence-corrected chi connectivity index (χ0v) is 14.5. The fraction of sp³-hybridized carbons (Fsp3) is 0.316. The Morgan fingerprint density at radius 2 is 1.48 bits per heavy atom. The molecule has 0 saturated heterocycles. The van der Waals surface area contributed by atoms with E-state index >= 15 is 0 Å². The molecule has 0 aromatic heterocycles. The summed E-state index contributed by atoms with van der Waals surface area (Å²) in [5.41, 5.74) is 2.38. The van der Waals surface area contributed by atoms with E-state index in [-0.39, 0.29) is 0 Å². The number of nitrogens with one attached hydrogen (secondary N) is 2. The highest BCUT2D eigenvalue weighted by atomic mass is 32.1. The SMILES string of the molecule is CC(C)COc1ccc(CNC(=S)NCc2ccccc2)cc1. The molecule has 0 spiro atoms. The maximum absolute atomic E-state index is 5.68. The predicted molar refractivity (Wildman–Crippen MR) is 99.5 cm³/mol. The van der Waals surface area contributed by atoms with E-state index < -0.39 is 0 Å². The Labute approximate surface area is 144 Å². The third-order valence-electron chi connectivity index (χ3n) is 3.26. The van der Waals surface area contributed by atoms with Gasteiger partial charge in [0.05, 0.1) is 6.61 Å². The Morgan fingerprint density at radius 1 is 0.913 bits per heavy atom. The molecule has 0 atom stereocenters. The maximum atomic E-state index is 5.68. The summed E-state index contributed by atoms with van der Waals surface area (Å²) >= 11 is 5.30. The second-order valence-corrected chi connectivity index (χ2v) is 6.28. The first-order valence-electron chi connectivity index (χ1n) is 7.91. The highest BCUT2D eigenvalue weighted by molar-refractivity contribution is 7.80. The average Bonchev–Trinajstić information content (AvgIpc) is 2.58. The summed E-state index contributed by atoms with van der Waals surface area (Å²) in [5, 5.41) is 7.09. The molecule has 0 fully saturated rings. The van der Waals surface area contributed by atoms with Crippen LogP contribution in [0.15, 0.2) is 54.6 Å². The average molecular weight is 328 g/mol. The molecule has 0 unspecified atom stereocenters. The largest absolute Gasteiger partial charge is 0.493 e. The monoisotopic (exact) mass is 328 g/mol. The zero-order valence-electron chi connectivity index (χ0n) is 13.7. The van der Waals surface area contributed by atoms with E-state index in [1.807, 2.05) is 30.3 Å². The van der Waals surface area contributed by atoms with Crippen molar-refractivity contribution >= 4 is 17.3 Å². The third kappa shape index (κ3) is 6.70. The van der Waals surface area contributed by atoms with Gasteiger partial charge in [-0.3, -0.25) is 0 Å². The van der Waals surface area contributed by atoms with Crippen molar-refractivity contribution in [2.45, 2.75) is 26.9 Å². The van der Waals surface area contributed by atoms with Gasteiger partial charge in [-0.05, 0) is 41.4 Å². The molecule has 2 N–H and O–H groups in total. The Hall–Kier alpha value is -2.07. The molecule has 2 aromatic carbocycles. The van der Waals surface area contributed by atoms with Crippen molar-refractivity contribution in [1.82, 2.24) is 10.6 Å². The van der Waals surface area contributed by atoms with E-state index in [0.29, 0.717) is 17.6 Å². The molecule has 2 rings (SSSR count). The van der Waals surface area contributed by atoms with E-state index in [4.69, 9.17) is 17.0 Å². The van der Waals surface area contributed by atoms with Crippen LogP contribution in [-0.2, 0) is 13.1 Å². The molecule has 0 bridgehead atoms. The van der Waals surface area contributed by atoms with Crippen LogP contribution in [0.1, 0.15) is 25.0 Å². The minimum Gasteiger partial charge on any atom is -0.493 e. The van der Waals surface area contributed by atoms with E-state index in [2.05, 4.69) is 48.7 Å². The maximum Gasteiger partial charge on any atom is 0.166 e. The second kappa shape index (κ2) is 9.16. The quantitative estimate of drug-likeness (QED) is 0.756. The first kappa shape index (κ1) is 17.3. The van der Waals surface area contributed by atoms with Gasteiger partial charge < -0.3 is 15.4 Å². The lowest BCUT2D eigenvalue weighted by Gasteiger charge is -2.12. The van der Waals surface area contributed by atoms with Gasteiger partial charge >= 0.3 is 0 Å². The number of hydrogen-bond donors (Lipinski definition) is 2. The van der Waals surface area contributed by atoms with Crippen LogP contribution in [-0.4, -0.2) is 11.7 Å². The standard InChI is InChI=1S/C19H24N2OS/c1-15(2)14-22-18-10-8-17(9-11-18)13-21-19(23)20-12-16-6-4-3-5-7-16/h3-11,15H,12-14H2,1-2H3,(H2,20,21,23). The summed E-state index contributed by atoms with van der Waals surface area (Å²) in [6.45, 7) is 6.45. The van der Waals surface area contributed by atoms with E-state index in [1.165, 1.54) is 11.1 Å². The lowest BCUT2D eigenvalue weighted by molar-refractivity contribution is 0.271. The molecule has 3 nitrogen and oxygen atoms in total.